The molecule has 2 aliphatic rings. The van der Waals surface area contributed by atoms with E-state index in [-0.39, 0.29) is 0 Å². The molecule has 0 bridgehead atoms. The molecule has 1 atom stereocenters. The Labute approximate surface area is 259 Å². The van der Waals surface area contributed by atoms with Crippen molar-refractivity contribution in [3.05, 3.63) is 159 Å². The molecule has 0 nitrogen and oxygen atoms in total. The first kappa shape index (κ1) is 29.4. The third-order valence-electron chi connectivity index (χ3n) is 10.1. The van der Waals surface area contributed by atoms with Crippen molar-refractivity contribution >= 4 is 13.3 Å². The molecule has 4 aromatic carbocycles. The van der Waals surface area contributed by atoms with Crippen molar-refractivity contribution in [3.8, 4) is 0 Å². The summed E-state index contributed by atoms with van der Waals surface area (Å²) in [7, 11) is -1.62. The van der Waals surface area contributed by atoms with Gasteiger partial charge in [-0.3, -0.25) is 0 Å². The predicted octanol–water partition coefficient (Wildman–Crippen LogP) is 10.1. The molecule has 2 aliphatic carbocycles. The maximum atomic E-state index is 2.61. The molecule has 2 heteroatoms. The van der Waals surface area contributed by atoms with Gasteiger partial charge in [0.1, 0.15) is 0 Å². The molecule has 0 spiro atoms. The maximum absolute atomic E-state index is 2.86. The van der Waals surface area contributed by atoms with Crippen LogP contribution in [0.1, 0.15) is 49.3 Å². The minimum atomic E-state index is -2.86. The zero-order valence-electron chi connectivity index (χ0n) is 25.8. The monoisotopic (exact) mass is 602 g/mol. The molecule has 1 unspecified atom stereocenters. The average molecular weight is 603 g/mol. The zero-order chi connectivity index (χ0) is 29.0. The third-order valence-corrected chi connectivity index (χ3v) is 21.3. The van der Waals surface area contributed by atoms with Crippen molar-refractivity contribution < 1.29 is 16.6 Å². The van der Waals surface area contributed by atoms with E-state index in [1.165, 1.54) is 62.6 Å². The molecule has 0 amide bonds. The molecule has 0 heterocycles. The molecule has 214 valence electrons. The Morgan fingerprint density at radius 2 is 1.02 bits per heavy atom. The Kier molecular flexibility index (Phi) is 9.01. The standard InChI is InChI=1S/C19H25Si.3C7H7.Ti/c1-15-13-16-9-7-8-12-18(16)19(15)14-20(2,3)17-10-5-4-6-11-17;3*1-7-5-3-2-4-6-7;/h4-6,10-11,19H,7-9,12,14H2,1-3H3;3*2-6H,1H2;. The molecule has 0 aromatic heterocycles. The number of hydrogen-bond acceptors (Lipinski definition) is 0. The van der Waals surface area contributed by atoms with Gasteiger partial charge in [0.05, 0.1) is 0 Å². The molecular formula is C40H46SiTi. The normalized spacial score (nSPS) is 17.5. The average Bonchev–Trinajstić information content (AvgIpc) is 3.30. The number of allylic oxidation sites excluding steroid dienone is 4. The van der Waals surface area contributed by atoms with Crippen LogP contribution in [0.2, 0.25) is 19.1 Å². The summed E-state index contributed by atoms with van der Waals surface area (Å²) in [5.74, 6) is 0.629. The van der Waals surface area contributed by atoms with Crippen molar-refractivity contribution in [2.24, 2.45) is 5.92 Å². The fourth-order valence-corrected chi connectivity index (χ4v) is 20.3. The second-order valence-electron chi connectivity index (χ2n) is 13.5. The van der Waals surface area contributed by atoms with E-state index in [1.807, 2.05) is 15.0 Å². The fourth-order valence-electron chi connectivity index (χ4n) is 8.22. The second-order valence-corrected chi connectivity index (χ2v) is 24.7. The molecule has 0 N–H and O–H groups in total. The summed E-state index contributed by atoms with van der Waals surface area (Å²) < 4.78 is 5.66. The van der Waals surface area contributed by atoms with Crippen LogP contribution in [0.4, 0.5) is 0 Å². The summed E-state index contributed by atoms with van der Waals surface area (Å²) in [5.41, 5.74) is 10.0. The Morgan fingerprint density at radius 1 is 0.595 bits per heavy atom. The van der Waals surface area contributed by atoms with Crippen molar-refractivity contribution in [2.75, 3.05) is 0 Å². The molecule has 4 aromatic rings. The van der Waals surface area contributed by atoms with Gasteiger partial charge in [0.15, 0.2) is 0 Å². The SMILES string of the molecule is CC1=[C]([Ti]([CH2]c2ccccc2)([CH2]c2ccccc2)[CH2]c2ccccc2)C2=C(CCCC2)C1C[Si](C)(C)c1ccccc1. The third kappa shape index (κ3) is 6.30. The Bertz CT molecular complexity index is 1430. The van der Waals surface area contributed by atoms with Gasteiger partial charge < -0.3 is 0 Å². The van der Waals surface area contributed by atoms with E-state index in [0.717, 1.165) is 0 Å². The van der Waals surface area contributed by atoms with Gasteiger partial charge in [0.2, 0.25) is 0 Å². The molecule has 0 aliphatic heterocycles. The van der Waals surface area contributed by atoms with Gasteiger partial charge in [-0.05, 0) is 0 Å². The van der Waals surface area contributed by atoms with E-state index in [1.54, 1.807) is 10.8 Å². The first-order valence-electron chi connectivity index (χ1n) is 16.1. The first-order chi connectivity index (χ1) is 20.5. The van der Waals surface area contributed by atoms with E-state index >= 15 is 0 Å². The Hall–Kier alpha value is -2.71. The molecule has 0 saturated carbocycles. The van der Waals surface area contributed by atoms with Gasteiger partial charge in [0.25, 0.3) is 0 Å². The van der Waals surface area contributed by atoms with Crippen LogP contribution in [0.15, 0.2) is 142 Å². The topological polar surface area (TPSA) is 0 Å². The quantitative estimate of drug-likeness (QED) is 0.159. The Balaban J connectivity index is 1.53. The summed E-state index contributed by atoms with van der Waals surface area (Å²) in [5, 5.41) is 1.61. The van der Waals surface area contributed by atoms with Gasteiger partial charge in [-0.25, -0.2) is 0 Å². The van der Waals surface area contributed by atoms with Crippen LogP contribution < -0.4 is 5.19 Å². The van der Waals surface area contributed by atoms with Crippen LogP contribution in [-0.4, -0.2) is 8.07 Å². The minimum absolute atomic E-state index is 0.629. The molecule has 0 radical (unpaired) electrons. The van der Waals surface area contributed by atoms with Crippen LogP contribution in [0, 0.1) is 5.92 Å². The molecule has 0 fully saturated rings. The summed E-state index contributed by atoms with van der Waals surface area (Å²) in [6, 6.07) is 47.3. The Morgan fingerprint density at radius 3 is 1.50 bits per heavy atom. The molecule has 0 saturated heterocycles. The number of hydrogen-bond donors (Lipinski definition) is 0. The van der Waals surface area contributed by atoms with Crippen LogP contribution in [-0.2, 0) is 30.8 Å². The molecule has 6 rings (SSSR count). The number of rotatable bonds is 10. The summed E-state index contributed by atoms with van der Waals surface area (Å²) in [6.07, 6.45) is 5.30. The van der Waals surface area contributed by atoms with Crippen molar-refractivity contribution in [1.82, 2.24) is 0 Å². The predicted molar refractivity (Wildman–Crippen MR) is 180 cm³/mol. The van der Waals surface area contributed by atoms with Crippen molar-refractivity contribution in [1.29, 1.82) is 0 Å². The summed E-state index contributed by atoms with van der Waals surface area (Å²) in [6.45, 7) is 7.81. The van der Waals surface area contributed by atoms with Crippen molar-refractivity contribution in [3.63, 3.8) is 0 Å². The molecule has 42 heavy (non-hydrogen) atoms. The van der Waals surface area contributed by atoms with E-state index in [0.29, 0.717) is 5.92 Å². The van der Waals surface area contributed by atoms with Crippen LogP contribution in [0.25, 0.3) is 0 Å². The van der Waals surface area contributed by atoms with Crippen LogP contribution in [0.3, 0.4) is 0 Å². The fraction of sp³-hybridized carbons (Fsp3) is 0.300. The van der Waals surface area contributed by atoms with Gasteiger partial charge in [-0.15, -0.1) is 0 Å². The van der Waals surface area contributed by atoms with Crippen molar-refractivity contribution in [2.45, 2.75) is 65.9 Å². The van der Waals surface area contributed by atoms with Gasteiger partial charge >= 0.3 is 260 Å². The van der Waals surface area contributed by atoms with Crippen LogP contribution in [0.5, 0.6) is 0 Å². The van der Waals surface area contributed by atoms with Gasteiger partial charge in [-0.1, -0.05) is 0 Å². The van der Waals surface area contributed by atoms with E-state index in [9.17, 15) is 0 Å². The first-order valence-corrected chi connectivity index (χ1v) is 23.4. The van der Waals surface area contributed by atoms with E-state index in [2.05, 4.69) is 141 Å². The van der Waals surface area contributed by atoms with Crippen LogP contribution >= 0.6 is 0 Å². The van der Waals surface area contributed by atoms with E-state index < -0.39 is 24.7 Å². The van der Waals surface area contributed by atoms with E-state index in [4.69, 9.17) is 0 Å². The molecular weight excluding hydrogens is 556 g/mol. The summed E-state index contributed by atoms with van der Waals surface area (Å²) in [4.78, 5) is 0. The summed E-state index contributed by atoms with van der Waals surface area (Å²) >= 11 is -2.86. The zero-order valence-corrected chi connectivity index (χ0v) is 28.3. The van der Waals surface area contributed by atoms with Gasteiger partial charge in [-0.2, -0.15) is 0 Å². The number of benzene rings is 4. The van der Waals surface area contributed by atoms with Gasteiger partial charge in [0, 0.05) is 0 Å². The second kappa shape index (κ2) is 12.9.